The molecule has 0 amide bonds. The fraction of sp³-hybridized carbons (Fsp3) is 0.227. The van der Waals surface area contributed by atoms with E-state index in [-0.39, 0.29) is 6.61 Å². The van der Waals surface area contributed by atoms with E-state index in [9.17, 15) is 0 Å². The first kappa shape index (κ1) is 21.2. The van der Waals surface area contributed by atoms with Crippen LogP contribution in [-0.4, -0.2) is 29.4 Å². The van der Waals surface area contributed by atoms with Gasteiger partial charge in [-0.05, 0) is 42.8 Å². The number of methoxy groups -OCH3 is 2. The molecular formula is C22H21N3O4S2. The second-order valence-electron chi connectivity index (χ2n) is 6.57. The molecule has 0 spiro atoms. The Morgan fingerprint density at radius 2 is 1.90 bits per heavy atom. The van der Waals surface area contributed by atoms with Crippen LogP contribution in [-0.2, 0) is 12.4 Å². The van der Waals surface area contributed by atoms with Crippen LogP contribution in [0.25, 0.3) is 10.6 Å². The van der Waals surface area contributed by atoms with Crippen molar-refractivity contribution >= 4 is 23.1 Å². The SMILES string of the molecule is COc1ccc(-c2nc(CSc3nnc(COc4cccc(C)c4)o3)cs2)cc1OC. The molecule has 0 N–H and O–H groups in total. The number of hydrogen-bond acceptors (Lipinski definition) is 9. The zero-order chi connectivity index (χ0) is 21.6. The lowest BCUT2D eigenvalue weighted by Crippen LogP contribution is -1.95. The fourth-order valence-electron chi connectivity index (χ4n) is 2.82. The van der Waals surface area contributed by atoms with E-state index in [1.807, 2.05) is 54.8 Å². The maximum Gasteiger partial charge on any atom is 0.277 e. The zero-order valence-electron chi connectivity index (χ0n) is 17.3. The van der Waals surface area contributed by atoms with E-state index in [0.29, 0.717) is 28.4 Å². The molecule has 2 heterocycles. The molecule has 0 aliphatic carbocycles. The van der Waals surface area contributed by atoms with Crippen molar-refractivity contribution in [3.8, 4) is 27.8 Å². The molecule has 0 saturated heterocycles. The van der Waals surface area contributed by atoms with Crippen molar-refractivity contribution in [2.75, 3.05) is 14.2 Å². The van der Waals surface area contributed by atoms with Gasteiger partial charge < -0.3 is 18.6 Å². The smallest absolute Gasteiger partial charge is 0.277 e. The summed E-state index contributed by atoms with van der Waals surface area (Å²) < 4.78 is 22.0. The third-order valence-electron chi connectivity index (χ3n) is 4.33. The Hall–Kier alpha value is -3.04. The molecule has 2 aromatic carbocycles. The third-order valence-corrected chi connectivity index (χ3v) is 6.12. The largest absolute Gasteiger partial charge is 0.493 e. The number of thioether (sulfide) groups is 1. The number of rotatable bonds is 9. The lowest BCUT2D eigenvalue weighted by Gasteiger charge is -2.08. The van der Waals surface area contributed by atoms with Gasteiger partial charge in [0.2, 0.25) is 0 Å². The van der Waals surface area contributed by atoms with Gasteiger partial charge in [-0.2, -0.15) is 0 Å². The quantitative estimate of drug-likeness (QED) is 0.311. The lowest BCUT2D eigenvalue weighted by molar-refractivity contribution is 0.252. The lowest BCUT2D eigenvalue weighted by atomic mass is 10.2. The van der Waals surface area contributed by atoms with E-state index in [2.05, 4.69) is 10.2 Å². The summed E-state index contributed by atoms with van der Waals surface area (Å²) in [6.07, 6.45) is 0. The van der Waals surface area contributed by atoms with Gasteiger partial charge in [0.1, 0.15) is 10.8 Å². The normalized spacial score (nSPS) is 10.8. The highest BCUT2D eigenvalue weighted by Crippen LogP contribution is 2.34. The number of nitrogens with zero attached hydrogens (tertiary/aromatic N) is 3. The zero-order valence-corrected chi connectivity index (χ0v) is 19.0. The van der Waals surface area contributed by atoms with Crippen LogP contribution in [0.5, 0.6) is 17.2 Å². The predicted octanol–water partition coefficient (Wildman–Crippen LogP) is 5.39. The Bertz CT molecular complexity index is 1160. The summed E-state index contributed by atoms with van der Waals surface area (Å²) in [5, 5.41) is 11.6. The molecule has 0 aliphatic rings. The Morgan fingerprint density at radius 3 is 2.71 bits per heavy atom. The van der Waals surface area contributed by atoms with Crippen molar-refractivity contribution in [2.45, 2.75) is 24.5 Å². The summed E-state index contributed by atoms with van der Waals surface area (Å²) in [6.45, 7) is 2.25. The predicted molar refractivity (Wildman–Crippen MR) is 120 cm³/mol. The Morgan fingerprint density at radius 1 is 1.03 bits per heavy atom. The van der Waals surface area contributed by atoms with Gasteiger partial charge in [0.25, 0.3) is 11.1 Å². The average Bonchev–Trinajstić information content (AvgIpc) is 3.45. The van der Waals surface area contributed by atoms with E-state index in [1.54, 1.807) is 25.6 Å². The van der Waals surface area contributed by atoms with Gasteiger partial charge in [0.15, 0.2) is 18.1 Å². The van der Waals surface area contributed by atoms with Crippen LogP contribution in [0.1, 0.15) is 17.1 Å². The second kappa shape index (κ2) is 9.84. The van der Waals surface area contributed by atoms with Crippen molar-refractivity contribution in [2.24, 2.45) is 0 Å². The van der Waals surface area contributed by atoms with Gasteiger partial charge in [0.05, 0.1) is 19.9 Å². The molecule has 0 radical (unpaired) electrons. The molecule has 0 atom stereocenters. The van der Waals surface area contributed by atoms with Crippen LogP contribution in [0.15, 0.2) is 57.5 Å². The van der Waals surface area contributed by atoms with Crippen LogP contribution in [0.4, 0.5) is 0 Å². The third kappa shape index (κ3) is 5.36. The monoisotopic (exact) mass is 455 g/mol. The summed E-state index contributed by atoms with van der Waals surface area (Å²) in [6, 6.07) is 13.6. The number of hydrogen-bond donors (Lipinski definition) is 0. The van der Waals surface area contributed by atoms with Crippen LogP contribution in [0, 0.1) is 6.92 Å². The fourth-order valence-corrected chi connectivity index (χ4v) is 4.41. The highest BCUT2D eigenvalue weighted by Gasteiger charge is 2.12. The summed E-state index contributed by atoms with van der Waals surface area (Å²) in [5.41, 5.74) is 3.05. The van der Waals surface area contributed by atoms with E-state index in [0.717, 1.165) is 27.6 Å². The molecule has 7 nitrogen and oxygen atoms in total. The van der Waals surface area contributed by atoms with Gasteiger partial charge in [-0.1, -0.05) is 23.9 Å². The molecule has 9 heteroatoms. The van der Waals surface area contributed by atoms with Gasteiger partial charge >= 0.3 is 0 Å². The molecule has 2 aromatic heterocycles. The number of aryl methyl sites for hydroxylation is 1. The molecular weight excluding hydrogens is 434 g/mol. The van der Waals surface area contributed by atoms with Gasteiger partial charge in [-0.15, -0.1) is 21.5 Å². The minimum atomic E-state index is 0.233. The van der Waals surface area contributed by atoms with Crippen molar-refractivity contribution in [1.82, 2.24) is 15.2 Å². The van der Waals surface area contributed by atoms with Gasteiger partial charge in [0, 0.05) is 16.7 Å². The number of ether oxygens (including phenoxy) is 3. The maximum absolute atomic E-state index is 5.70. The molecule has 4 rings (SSSR count). The average molecular weight is 456 g/mol. The molecule has 31 heavy (non-hydrogen) atoms. The van der Waals surface area contributed by atoms with Crippen LogP contribution in [0.3, 0.4) is 0 Å². The number of aromatic nitrogens is 3. The van der Waals surface area contributed by atoms with E-state index < -0.39 is 0 Å². The summed E-state index contributed by atoms with van der Waals surface area (Å²) >= 11 is 3.02. The Labute approximate surface area is 188 Å². The van der Waals surface area contributed by atoms with Gasteiger partial charge in [-0.3, -0.25) is 0 Å². The molecule has 0 fully saturated rings. The summed E-state index contributed by atoms with van der Waals surface area (Å²) in [7, 11) is 3.24. The van der Waals surface area contributed by atoms with Crippen molar-refractivity contribution in [3.05, 3.63) is 65.0 Å². The van der Waals surface area contributed by atoms with Crippen molar-refractivity contribution in [3.63, 3.8) is 0 Å². The van der Waals surface area contributed by atoms with Crippen molar-refractivity contribution in [1.29, 1.82) is 0 Å². The van der Waals surface area contributed by atoms with E-state index in [4.69, 9.17) is 23.6 Å². The molecule has 0 bridgehead atoms. The molecule has 0 aliphatic heterocycles. The summed E-state index contributed by atoms with van der Waals surface area (Å²) in [5.74, 6) is 3.21. The van der Waals surface area contributed by atoms with E-state index >= 15 is 0 Å². The minimum absolute atomic E-state index is 0.233. The Balaban J connectivity index is 1.34. The van der Waals surface area contributed by atoms with Crippen LogP contribution in [0.2, 0.25) is 0 Å². The number of benzene rings is 2. The first-order valence-electron chi connectivity index (χ1n) is 9.46. The standard InChI is InChI=1S/C22H21N3O4S2/c1-14-5-4-6-17(9-14)28-11-20-24-25-22(29-20)31-13-16-12-30-21(23-16)15-7-8-18(26-2)19(10-15)27-3/h4-10,12H,11,13H2,1-3H3. The summed E-state index contributed by atoms with van der Waals surface area (Å²) in [4.78, 5) is 4.70. The highest BCUT2D eigenvalue weighted by atomic mass is 32.2. The first-order chi connectivity index (χ1) is 15.1. The molecule has 0 unspecified atom stereocenters. The minimum Gasteiger partial charge on any atom is -0.493 e. The second-order valence-corrected chi connectivity index (χ2v) is 8.35. The topological polar surface area (TPSA) is 79.5 Å². The van der Waals surface area contributed by atoms with Crippen molar-refractivity contribution < 1.29 is 18.6 Å². The van der Waals surface area contributed by atoms with Crippen LogP contribution >= 0.6 is 23.1 Å². The molecule has 160 valence electrons. The van der Waals surface area contributed by atoms with Crippen LogP contribution < -0.4 is 14.2 Å². The highest BCUT2D eigenvalue weighted by molar-refractivity contribution is 7.98. The van der Waals surface area contributed by atoms with E-state index in [1.165, 1.54) is 11.8 Å². The molecule has 4 aromatic rings. The molecule has 0 saturated carbocycles. The number of thiazole rings is 1. The Kier molecular flexibility index (Phi) is 6.73. The maximum atomic E-state index is 5.70. The first-order valence-corrected chi connectivity index (χ1v) is 11.3. The van der Waals surface area contributed by atoms with Gasteiger partial charge in [-0.25, -0.2) is 4.98 Å².